The molecule has 0 radical (unpaired) electrons. The van der Waals surface area contributed by atoms with E-state index in [2.05, 4.69) is 4.74 Å². The van der Waals surface area contributed by atoms with Crippen molar-refractivity contribution in [2.75, 3.05) is 6.61 Å². The van der Waals surface area contributed by atoms with Gasteiger partial charge in [0.05, 0.1) is 6.61 Å². The Bertz CT molecular complexity index is 407. The largest absolute Gasteiger partial charge is 0.460 e. The summed E-state index contributed by atoms with van der Waals surface area (Å²) in [6, 6.07) is 6.90. The summed E-state index contributed by atoms with van der Waals surface area (Å²) in [5.41, 5.74) is 0.794. The van der Waals surface area contributed by atoms with Gasteiger partial charge in [0.25, 0.3) is 5.78 Å². The fraction of sp³-hybridized carbons (Fsp3) is 0.167. The number of halogens is 1. The van der Waals surface area contributed by atoms with E-state index in [4.69, 9.17) is 11.6 Å². The van der Waals surface area contributed by atoms with E-state index in [1.54, 1.807) is 31.2 Å². The van der Waals surface area contributed by atoms with Crippen molar-refractivity contribution in [1.82, 2.24) is 0 Å². The highest BCUT2D eigenvalue weighted by Gasteiger charge is 2.09. The second-order valence-corrected chi connectivity index (χ2v) is 3.41. The first kappa shape index (κ1) is 12.5. The molecule has 0 bridgehead atoms. The SMILES string of the molecule is CCOC(=O)C(=O)/C=C/c1ccc(Cl)cc1. The van der Waals surface area contributed by atoms with Crippen LogP contribution >= 0.6 is 11.6 Å². The van der Waals surface area contributed by atoms with Gasteiger partial charge in [0.1, 0.15) is 0 Å². The van der Waals surface area contributed by atoms with Crippen LogP contribution in [0, 0.1) is 0 Å². The Morgan fingerprint density at radius 1 is 1.31 bits per heavy atom. The molecule has 0 spiro atoms. The number of esters is 1. The molecule has 0 N–H and O–H groups in total. The van der Waals surface area contributed by atoms with Gasteiger partial charge in [-0.05, 0) is 30.7 Å². The van der Waals surface area contributed by atoms with Gasteiger partial charge in [0.2, 0.25) is 0 Å². The highest BCUT2D eigenvalue weighted by Crippen LogP contribution is 2.10. The van der Waals surface area contributed by atoms with E-state index >= 15 is 0 Å². The summed E-state index contributed by atoms with van der Waals surface area (Å²) >= 11 is 5.70. The summed E-state index contributed by atoms with van der Waals surface area (Å²) in [7, 11) is 0. The highest BCUT2D eigenvalue weighted by atomic mass is 35.5. The smallest absolute Gasteiger partial charge is 0.379 e. The Labute approximate surface area is 98.7 Å². The molecule has 0 aromatic heterocycles. The van der Waals surface area contributed by atoms with Gasteiger partial charge in [0, 0.05) is 5.02 Å². The molecule has 4 heteroatoms. The molecule has 0 fully saturated rings. The first-order valence-corrected chi connectivity index (χ1v) is 5.16. The summed E-state index contributed by atoms with van der Waals surface area (Å²) in [5.74, 6) is -1.51. The number of carbonyl (C=O) groups excluding carboxylic acids is 2. The molecule has 3 nitrogen and oxygen atoms in total. The molecule has 0 atom stereocenters. The van der Waals surface area contributed by atoms with Crippen LogP contribution in [0.5, 0.6) is 0 Å². The van der Waals surface area contributed by atoms with E-state index in [0.29, 0.717) is 5.02 Å². The van der Waals surface area contributed by atoms with Crippen LogP contribution < -0.4 is 0 Å². The molecule has 1 aromatic carbocycles. The van der Waals surface area contributed by atoms with Crippen molar-refractivity contribution in [2.24, 2.45) is 0 Å². The van der Waals surface area contributed by atoms with Crippen molar-refractivity contribution >= 4 is 29.4 Å². The molecule has 16 heavy (non-hydrogen) atoms. The predicted octanol–water partition coefficient (Wildman–Crippen LogP) is 2.49. The molecular weight excluding hydrogens is 228 g/mol. The van der Waals surface area contributed by atoms with Crippen molar-refractivity contribution in [1.29, 1.82) is 0 Å². The highest BCUT2D eigenvalue weighted by molar-refractivity contribution is 6.39. The molecular formula is C12H11ClO3. The zero-order valence-electron chi connectivity index (χ0n) is 8.77. The number of rotatable bonds is 4. The van der Waals surface area contributed by atoms with E-state index in [1.165, 1.54) is 12.2 Å². The van der Waals surface area contributed by atoms with Gasteiger partial charge in [-0.1, -0.05) is 29.8 Å². The average Bonchev–Trinajstić information content (AvgIpc) is 2.28. The number of hydrogen-bond donors (Lipinski definition) is 0. The van der Waals surface area contributed by atoms with Gasteiger partial charge < -0.3 is 4.74 Å². The van der Waals surface area contributed by atoms with Crippen molar-refractivity contribution < 1.29 is 14.3 Å². The van der Waals surface area contributed by atoms with Crippen molar-refractivity contribution in [2.45, 2.75) is 6.92 Å². The van der Waals surface area contributed by atoms with Gasteiger partial charge in [-0.2, -0.15) is 0 Å². The van der Waals surface area contributed by atoms with Crippen LogP contribution in [0.3, 0.4) is 0 Å². The maximum absolute atomic E-state index is 11.2. The number of carbonyl (C=O) groups is 2. The lowest BCUT2D eigenvalue weighted by Gasteiger charge is -1.96. The topological polar surface area (TPSA) is 43.4 Å². The van der Waals surface area contributed by atoms with Crippen molar-refractivity contribution in [3.05, 3.63) is 40.9 Å². The number of benzene rings is 1. The summed E-state index contributed by atoms with van der Waals surface area (Å²) in [5, 5.41) is 0.619. The molecule has 0 aliphatic heterocycles. The van der Waals surface area contributed by atoms with Crippen molar-refractivity contribution in [3.63, 3.8) is 0 Å². The van der Waals surface area contributed by atoms with E-state index in [-0.39, 0.29) is 6.61 Å². The third-order valence-electron chi connectivity index (χ3n) is 1.77. The molecule has 0 unspecified atom stereocenters. The average molecular weight is 239 g/mol. The molecule has 0 aliphatic rings. The number of hydrogen-bond acceptors (Lipinski definition) is 3. The molecule has 1 aromatic rings. The predicted molar refractivity (Wildman–Crippen MR) is 62.1 cm³/mol. The van der Waals surface area contributed by atoms with Gasteiger partial charge in [-0.25, -0.2) is 4.79 Å². The van der Waals surface area contributed by atoms with Crippen molar-refractivity contribution in [3.8, 4) is 0 Å². The Hall–Kier alpha value is -1.61. The van der Waals surface area contributed by atoms with Crippen LogP contribution in [0.15, 0.2) is 30.3 Å². The second-order valence-electron chi connectivity index (χ2n) is 2.97. The quantitative estimate of drug-likeness (QED) is 0.460. The lowest BCUT2D eigenvalue weighted by molar-refractivity contribution is -0.151. The molecule has 0 saturated heterocycles. The first-order valence-electron chi connectivity index (χ1n) is 4.78. The number of ketones is 1. The minimum absolute atomic E-state index is 0.194. The Balaban J connectivity index is 2.63. The van der Waals surface area contributed by atoms with E-state index < -0.39 is 11.8 Å². The maximum Gasteiger partial charge on any atom is 0.379 e. The van der Waals surface area contributed by atoms with Crippen LogP contribution in [0.1, 0.15) is 12.5 Å². The lowest BCUT2D eigenvalue weighted by atomic mass is 10.2. The lowest BCUT2D eigenvalue weighted by Crippen LogP contribution is -2.14. The Kier molecular flexibility index (Phi) is 4.73. The monoisotopic (exact) mass is 238 g/mol. The third-order valence-corrected chi connectivity index (χ3v) is 2.03. The minimum Gasteiger partial charge on any atom is -0.460 e. The summed E-state index contributed by atoms with van der Waals surface area (Å²) < 4.78 is 4.55. The first-order chi connectivity index (χ1) is 7.63. The van der Waals surface area contributed by atoms with Crippen LogP contribution in [0.25, 0.3) is 6.08 Å². The summed E-state index contributed by atoms with van der Waals surface area (Å²) in [6.45, 7) is 1.84. The summed E-state index contributed by atoms with van der Waals surface area (Å²) in [6.07, 6.45) is 2.72. The van der Waals surface area contributed by atoms with Crippen LogP contribution in [-0.4, -0.2) is 18.4 Å². The van der Waals surface area contributed by atoms with E-state index in [0.717, 1.165) is 5.56 Å². The summed E-state index contributed by atoms with van der Waals surface area (Å²) in [4.78, 5) is 22.2. The van der Waals surface area contributed by atoms with Crippen LogP contribution in [-0.2, 0) is 14.3 Å². The maximum atomic E-state index is 11.2. The normalized spacial score (nSPS) is 10.4. The van der Waals surface area contributed by atoms with Gasteiger partial charge >= 0.3 is 5.97 Å². The van der Waals surface area contributed by atoms with Crippen LogP contribution in [0.4, 0.5) is 0 Å². The standard InChI is InChI=1S/C12H11ClO3/c1-2-16-12(15)11(14)8-5-9-3-6-10(13)7-4-9/h3-8H,2H2,1H3/b8-5+. The minimum atomic E-state index is -0.840. The molecule has 0 amide bonds. The van der Waals surface area contributed by atoms with Gasteiger partial charge in [-0.3, -0.25) is 4.79 Å². The molecule has 0 aliphatic carbocycles. The molecule has 84 valence electrons. The second kappa shape index (κ2) is 6.08. The third kappa shape index (κ3) is 3.87. The zero-order chi connectivity index (χ0) is 12.0. The van der Waals surface area contributed by atoms with Crippen LogP contribution in [0.2, 0.25) is 5.02 Å². The fourth-order valence-electron chi connectivity index (χ4n) is 1.02. The Morgan fingerprint density at radius 2 is 1.94 bits per heavy atom. The number of ether oxygens (including phenoxy) is 1. The Morgan fingerprint density at radius 3 is 2.50 bits per heavy atom. The molecule has 0 heterocycles. The van der Waals surface area contributed by atoms with E-state index in [9.17, 15) is 9.59 Å². The zero-order valence-corrected chi connectivity index (χ0v) is 9.53. The van der Waals surface area contributed by atoms with E-state index in [1.807, 2.05) is 0 Å². The fourth-order valence-corrected chi connectivity index (χ4v) is 1.14. The molecule has 1 rings (SSSR count). The molecule has 0 saturated carbocycles. The van der Waals surface area contributed by atoms with Gasteiger partial charge in [-0.15, -0.1) is 0 Å². The van der Waals surface area contributed by atoms with Gasteiger partial charge in [0.15, 0.2) is 0 Å².